The van der Waals surface area contributed by atoms with Crippen LogP contribution in [0.25, 0.3) is 0 Å². The van der Waals surface area contributed by atoms with Gasteiger partial charge < -0.3 is 14.6 Å². The quantitative estimate of drug-likeness (QED) is 0.852. The summed E-state index contributed by atoms with van der Waals surface area (Å²) in [5.41, 5.74) is 0.659. The van der Waals surface area contributed by atoms with Crippen molar-refractivity contribution >= 4 is 17.5 Å². The van der Waals surface area contributed by atoms with Crippen LogP contribution >= 0.6 is 0 Å². The highest BCUT2D eigenvalue weighted by Gasteiger charge is 2.04. The summed E-state index contributed by atoms with van der Waals surface area (Å²) >= 11 is 0. The van der Waals surface area contributed by atoms with Crippen LogP contribution in [0.1, 0.15) is 0 Å². The smallest absolute Gasteiger partial charge is 0.324 e. The summed E-state index contributed by atoms with van der Waals surface area (Å²) in [6.45, 7) is 0. The van der Waals surface area contributed by atoms with Crippen LogP contribution in [0.3, 0.4) is 0 Å². The molecule has 0 spiro atoms. The molecule has 0 aliphatic heterocycles. The number of nitrogens with zero attached hydrogens (tertiary/aromatic N) is 1. The van der Waals surface area contributed by atoms with Crippen molar-refractivity contribution in [1.29, 1.82) is 0 Å². The highest BCUT2D eigenvalue weighted by molar-refractivity contribution is 5.99. The van der Waals surface area contributed by atoms with Crippen molar-refractivity contribution in [3.8, 4) is 5.75 Å². The zero-order valence-corrected chi connectivity index (χ0v) is 9.14. The second kappa shape index (κ2) is 5.02. The Kier molecular flexibility index (Phi) is 3.25. The molecular formula is C11H11N3O3. The van der Waals surface area contributed by atoms with E-state index in [9.17, 15) is 4.79 Å². The van der Waals surface area contributed by atoms with Gasteiger partial charge >= 0.3 is 6.03 Å². The molecule has 0 atom stereocenters. The first-order chi connectivity index (χ1) is 8.28. The highest BCUT2D eigenvalue weighted by atomic mass is 16.5. The number of hydrogen-bond donors (Lipinski definition) is 2. The summed E-state index contributed by atoms with van der Waals surface area (Å²) in [4.78, 5) is 11.5. The van der Waals surface area contributed by atoms with Crippen LogP contribution in [0.5, 0.6) is 5.75 Å². The van der Waals surface area contributed by atoms with Crippen molar-refractivity contribution in [2.24, 2.45) is 0 Å². The average Bonchev–Trinajstić information content (AvgIpc) is 2.82. The van der Waals surface area contributed by atoms with Gasteiger partial charge in [0.25, 0.3) is 0 Å². The van der Waals surface area contributed by atoms with Gasteiger partial charge in [-0.2, -0.15) is 0 Å². The molecule has 2 aromatic rings. The molecule has 0 unspecified atom stereocenters. The van der Waals surface area contributed by atoms with Crippen LogP contribution in [0, 0.1) is 0 Å². The molecular weight excluding hydrogens is 222 g/mol. The molecule has 1 aromatic heterocycles. The lowest BCUT2D eigenvalue weighted by atomic mass is 10.3. The number of amides is 2. The third kappa shape index (κ3) is 2.97. The molecule has 17 heavy (non-hydrogen) atoms. The largest absolute Gasteiger partial charge is 0.497 e. The molecule has 6 heteroatoms. The Morgan fingerprint density at radius 1 is 1.24 bits per heavy atom. The minimum absolute atomic E-state index is 0.357. The molecule has 0 bridgehead atoms. The topological polar surface area (TPSA) is 76.4 Å². The van der Waals surface area contributed by atoms with Crippen LogP contribution in [-0.2, 0) is 0 Å². The van der Waals surface area contributed by atoms with E-state index in [-0.39, 0.29) is 6.03 Å². The molecule has 0 fully saturated rings. The third-order valence-electron chi connectivity index (χ3n) is 2.03. The van der Waals surface area contributed by atoms with Gasteiger partial charge in [0.05, 0.1) is 7.11 Å². The van der Waals surface area contributed by atoms with Crippen LogP contribution in [0.2, 0.25) is 0 Å². The van der Waals surface area contributed by atoms with E-state index in [2.05, 4.69) is 20.3 Å². The minimum atomic E-state index is -0.385. The number of methoxy groups -OCH3 is 1. The molecule has 2 amide bonds. The number of urea groups is 1. The van der Waals surface area contributed by atoms with Crippen LogP contribution in [0.4, 0.5) is 16.3 Å². The Labute approximate surface area is 97.6 Å². The van der Waals surface area contributed by atoms with Crippen LogP contribution < -0.4 is 15.4 Å². The Balaban J connectivity index is 1.93. The number of aromatic nitrogens is 1. The van der Waals surface area contributed by atoms with Crippen molar-refractivity contribution in [3.05, 3.63) is 36.6 Å². The summed E-state index contributed by atoms with van der Waals surface area (Å²) in [5, 5.41) is 8.72. The summed E-state index contributed by atoms with van der Waals surface area (Å²) < 4.78 is 9.60. The molecule has 2 rings (SSSR count). The zero-order chi connectivity index (χ0) is 12.1. The molecule has 0 saturated heterocycles. The molecule has 0 saturated carbocycles. The number of hydrogen-bond acceptors (Lipinski definition) is 4. The standard InChI is InChI=1S/C11H11N3O3/c1-16-9-4-2-8(3-5-9)12-11(15)13-10-6-7-17-14-10/h2-7H,1H3,(H2,12,13,14,15). The first-order valence-electron chi connectivity index (χ1n) is 4.90. The molecule has 6 nitrogen and oxygen atoms in total. The number of anilines is 2. The van der Waals surface area contributed by atoms with Crippen molar-refractivity contribution in [2.75, 3.05) is 17.7 Å². The minimum Gasteiger partial charge on any atom is -0.497 e. The highest BCUT2D eigenvalue weighted by Crippen LogP contribution is 2.15. The predicted octanol–water partition coefficient (Wildman–Crippen LogP) is 2.33. The Morgan fingerprint density at radius 2 is 2.00 bits per heavy atom. The van der Waals surface area contributed by atoms with E-state index < -0.39 is 0 Å². The molecule has 0 aliphatic carbocycles. The molecule has 88 valence electrons. The maximum atomic E-state index is 11.5. The maximum absolute atomic E-state index is 11.5. The van der Waals surface area contributed by atoms with Gasteiger partial charge in [0.1, 0.15) is 12.0 Å². The summed E-state index contributed by atoms with van der Waals surface area (Å²) in [6.07, 6.45) is 1.38. The van der Waals surface area contributed by atoms with E-state index in [1.807, 2.05) is 0 Å². The number of carbonyl (C=O) groups excluding carboxylic acids is 1. The summed E-state index contributed by atoms with van der Waals surface area (Å²) in [6, 6.07) is 8.15. The van der Waals surface area contributed by atoms with Crippen LogP contribution in [-0.4, -0.2) is 18.3 Å². The zero-order valence-electron chi connectivity index (χ0n) is 9.14. The van der Waals surface area contributed by atoms with E-state index in [1.165, 1.54) is 6.26 Å². The SMILES string of the molecule is COc1ccc(NC(=O)Nc2ccon2)cc1. The van der Waals surface area contributed by atoms with E-state index >= 15 is 0 Å². The van der Waals surface area contributed by atoms with Crippen molar-refractivity contribution in [2.45, 2.75) is 0 Å². The molecule has 1 aromatic carbocycles. The second-order valence-corrected chi connectivity index (χ2v) is 3.19. The second-order valence-electron chi connectivity index (χ2n) is 3.19. The summed E-state index contributed by atoms with van der Waals surface area (Å²) in [5.74, 6) is 1.09. The van der Waals surface area contributed by atoms with Gasteiger partial charge in [0, 0.05) is 11.8 Å². The number of nitrogens with one attached hydrogen (secondary N) is 2. The van der Waals surface area contributed by atoms with E-state index in [0.29, 0.717) is 11.5 Å². The van der Waals surface area contributed by atoms with Gasteiger partial charge in [-0.15, -0.1) is 0 Å². The van der Waals surface area contributed by atoms with Crippen molar-refractivity contribution in [1.82, 2.24) is 5.16 Å². The third-order valence-corrected chi connectivity index (χ3v) is 2.03. The van der Waals surface area contributed by atoms with Gasteiger partial charge in [0.2, 0.25) is 0 Å². The molecule has 1 heterocycles. The van der Waals surface area contributed by atoms with Crippen molar-refractivity contribution in [3.63, 3.8) is 0 Å². The maximum Gasteiger partial charge on any atom is 0.324 e. The fraction of sp³-hybridized carbons (Fsp3) is 0.0909. The molecule has 0 aliphatic rings. The number of ether oxygens (including phenoxy) is 1. The molecule has 0 radical (unpaired) electrons. The lowest BCUT2D eigenvalue weighted by Crippen LogP contribution is -2.19. The first-order valence-corrected chi connectivity index (χ1v) is 4.90. The number of rotatable bonds is 3. The van der Waals surface area contributed by atoms with Gasteiger partial charge in [-0.1, -0.05) is 5.16 Å². The fourth-order valence-electron chi connectivity index (χ4n) is 1.23. The predicted molar refractivity (Wildman–Crippen MR) is 62.1 cm³/mol. The van der Waals surface area contributed by atoms with Gasteiger partial charge in [0.15, 0.2) is 5.82 Å². The van der Waals surface area contributed by atoms with Gasteiger partial charge in [-0.3, -0.25) is 5.32 Å². The van der Waals surface area contributed by atoms with E-state index in [0.717, 1.165) is 5.75 Å². The fourth-order valence-corrected chi connectivity index (χ4v) is 1.23. The average molecular weight is 233 g/mol. The molecule has 2 N–H and O–H groups in total. The van der Waals surface area contributed by atoms with E-state index in [1.54, 1.807) is 37.4 Å². The van der Waals surface area contributed by atoms with Crippen molar-refractivity contribution < 1.29 is 14.1 Å². The first kappa shape index (κ1) is 11.0. The van der Waals surface area contributed by atoms with Crippen LogP contribution in [0.15, 0.2) is 41.1 Å². The summed E-state index contributed by atoms with van der Waals surface area (Å²) in [7, 11) is 1.58. The lowest BCUT2D eigenvalue weighted by molar-refractivity contribution is 0.262. The Morgan fingerprint density at radius 3 is 2.59 bits per heavy atom. The Hall–Kier alpha value is -2.50. The normalized spacial score (nSPS) is 9.71. The number of carbonyl (C=O) groups is 1. The van der Waals surface area contributed by atoms with E-state index in [4.69, 9.17) is 4.74 Å². The number of benzene rings is 1. The monoisotopic (exact) mass is 233 g/mol. The Bertz CT molecular complexity index is 479. The van der Waals surface area contributed by atoms with Gasteiger partial charge in [-0.25, -0.2) is 4.79 Å². The van der Waals surface area contributed by atoms with Gasteiger partial charge in [-0.05, 0) is 24.3 Å². The lowest BCUT2D eigenvalue weighted by Gasteiger charge is -2.05.